The first-order valence-electron chi connectivity index (χ1n) is 6.18. The Morgan fingerprint density at radius 3 is 2.80 bits per heavy atom. The molecule has 1 rings (SSSR count). The number of hydrogen-bond acceptors (Lipinski definition) is 2. The second-order valence-electron chi connectivity index (χ2n) is 4.49. The van der Waals surface area contributed by atoms with Gasteiger partial charge in [-0.25, -0.2) is 4.79 Å². The van der Waals surface area contributed by atoms with Gasteiger partial charge in [-0.15, -0.1) is 0 Å². The highest BCUT2D eigenvalue weighted by molar-refractivity contribution is 5.67. The molecule has 0 aliphatic heterocycles. The molecule has 0 spiro atoms. The van der Waals surface area contributed by atoms with Gasteiger partial charge in [0.2, 0.25) is 0 Å². The standard InChI is InChI=1S/C12H23NO2/c1-3-4-9-13-12(14)15-11-8-6-5-7-10(11)2/h10-11H,3-9H2,1-2H3,(H,13,14). The van der Waals surface area contributed by atoms with Gasteiger partial charge in [0.25, 0.3) is 0 Å². The first kappa shape index (κ1) is 12.3. The number of alkyl carbamates (subject to hydrolysis) is 1. The Bertz CT molecular complexity index is 194. The van der Waals surface area contributed by atoms with Crippen LogP contribution >= 0.6 is 0 Å². The molecule has 2 atom stereocenters. The molecule has 1 N–H and O–H groups in total. The predicted octanol–water partition coefficient (Wildman–Crippen LogP) is 3.09. The van der Waals surface area contributed by atoms with E-state index in [4.69, 9.17) is 4.74 Å². The Hall–Kier alpha value is -0.730. The van der Waals surface area contributed by atoms with Crippen LogP contribution in [0.15, 0.2) is 0 Å². The molecule has 0 aromatic carbocycles. The van der Waals surface area contributed by atoms with Crippen molar-refractivity contribution in [2.45, 2.75) is 58.5 Å². The lowest BCUT2D eigenvalue weighted by molar-refractivity contribution is 0.0435. The fraction of sp³-hybridized carbons (Fsp3) is 0.917. The van der Waals surface area contributed by atoms with Crippen LogP contribution in [0.2, 0.25) is 0 Å². The number of carbonyl (C=O) groups is 1. The Balaban J connectivity index is 2.18. The highest BCUT2D eigenvalue weighted by Crippen LogP contribution is 2.26. The van der Waals surface area contributed by atoms with Gasteiger partial charge in [0.05, 0.1) is 0 Å². The van der Waals surface area contributed by atoms with Crippen LogP contribution in [-0.4, -0.2) is 18.7 Å². The van der Waals surface area contributed by atoms with Gasteiger partial charge in [0.1, 0.15) is 6.10 Å². The lowest BCUT2D eigenvalue weighted by Crippen LogP contribution is -2.34. The van der Waals surface area contributed by atoms with E-state index in [0.29, 0.717) is 5.92 Å². The van der Waals surface area contributed by atoms with Gasteiger partial charge in [-0.2, -0.15) is 0 Å². The van der Waals surface area contributed by atoms with Crippen LogP contribution < -0.4 is 5.32 Å². The number of rotatable bonds is 4. The molecule has 0 aromatic heterocycles. The molecular weight excluding hydrogens is 190 g/mol. The number of carbonyl (C=O) groups excluding carboxylic acids is 1. The molecule has 2 unspecified atom stereocenters. The molecule has 0 bridgehead atoms. The topological polar surface area (TPSA) is 38.3 Å². The minimum atomic E-state index is -0.234. The SMILES string of the molecule is CCCCNC(=O)OC1CCCCC1C. The summed E-state index contributed by atoms with van der Waals surface area (Å²) >= 11 is 0. The van der Waals surface area contributed by atoms with Crippen molar-refractivity contribution < 1.29 is 9.53 Å². The quantitative estimate of drug-likeness (QED) is 0.729. The monoisotopic (exact) mass is 213 g/mol. The minimum absolute atomic E-state index is 0.139. The maximum atomic E-state index is 11.4. The minimum Gasteiger partial charge on any atom is -0.446 e. The Labute approximate surface area is 92.6 Å². The molecule has 3 heteroatoms. The van der Waals surface area contributed by atoms with Crippen molar-refractivity contribution in [3.05, 3.63) is 0 Å². The summed E-state index contributed by atoms with van der Waals surface area (Å²) in [7, 11) is 0. The van der Waals surface area contributed by atoms with Crippen molar-refractivity contribution in [2.75, 3.05) is 6.54 Å². The summed E-state index contributed by atoms with van der Waals surface area (Å²) in [5.74, 6) is 0.524. The van der Waals surface area contributed by atoms with Crippen molar-refractivity contribution >= 4 is 6.09 Å². The fourth-order valence-corrected chi connectivity index (χ4v) is 2.00. The molecule has 1 amide bonds. The van der Waals surface area contributed by atoms with Crippen molar-refractivity contribution in [2.24, 2.45) is 5.92 Å². The summed E-state index contributed by atoms with van der Waals surface area (Å²) in [5, 5.41) is 2.79. The summed E-state index contributed by atoms with van der Waals surface area (Å²) in [4.78, 5) is 11.4. The molecule has 1 fully saturated rings. The van der Waals surface area contributed by atoms with E-state index in [0.717, 1.165) is 25.8 Å². The highest BCUT2D eigenvalue weighted by Gasteiger charge is 2.24. The summed E-state index contributed by atoms with van der Waals surface area (Å²) in [6, 6.07) is 0. The third-order valence-corrected chi connectivity index (χ3v) is 3.09. The number of hydrogen-bond donors (Lipinski definition) is 1. The van der Waals surface area contributed by atoms with E-state index in [9.17, 15) is 4.79 Å². The van der Waals surface area contributed by atoms with E-state index in [2.05, 4.69) is 19.2 Å². The van der Waals surface area contributed by atoms with Crippen LogP contribution in [0.3, 0.4) is 0 Å². The van der Waals surface area contributed by atoms with Crippen LogP contribution in [0.4, 0.5) is 4.79 Å². The largest absolute Gasteiger partial charge is 0.446 e. The molecule has 15 heavy (non-hydrogen) atoms. The number of ether oxygens (including phenoxy) is 1. The van der Waals surface area contributed by atoms with Gasteiger partial charge >= 0.3 is 6.09 Å². The first-order chi connectivity index (χ1) is 7.24. The van der Waals surface area contributed by atoms with Crippen LogP contribution in [-0.2, 0) is 4.74 Å². The highest BCUT2D eigenvalue weighted by atomic mass is 16.6. The molecule has 88 valence electrons. The van der Waals surface area contributed by atoms with Crippen molar-refractivity contribution in [3.8, 4) is 0 Å². The van der Waals surface area contributed by atoms with E-state index >= 15 is 0 Å². The lowest BCUT2D eigenvalue weighted by atomic mass is 9.88. The Morgan fingerprint density at radius 2 is 2.13 bits per heavy atom. The number of nitrogens with one attached hydrogen (secondary N) is 1. The van der Waals surface area contributed by atoms with E-state index in [1.807, 2.05) is 0 Å². The molecule has 0 aromatic rings. The third-order valence-electron chi connectivity index (χ3n) is 3.09. The second kappa shape index (κ2) is 6.70. The summed E-state index contributed by atoms with van der Waals surface area (Å²) in [6.07, 6.45) is 6.71. The summed E-state index contributed by atoms with van der Waals surface area (Å²) in [5.41, 5.74) is 0. The van der Waals surface area contributed by atoms with E-state index in [1.54, 1.807) is 0 Å². The Kier molecular flexibility index (Phi) is 5.51. The molecular formula is C12H23NO2. The predicted molar refractivity (Wildman–Crippen MR) is 60.8 cm³/mol. The smallest absolute Gasteiger partial charge is 0.407 e. The third kappa shape index (κ3) is 4.54. The van der Waals surface area contributed by atoms with Crippen LogP contribution in [0, 0.1) is 5.92 Å². The first-order valence-corrected chi connectivity index (χ1v) is 6.18. The van der Waals surface area contributed by atoms with Crippen molar-refractivity contribution in [1.29, 1.82) is 0 Å². The van der Waals surface area contributed by atoms with Gasteiger partial charge in [0, 0.05) is 6.54 Å². The van der Waals surface area contributed by atoms with Gasteiger partial charge in [-0.3, -0.25) is 0 Å². The molecule has 0 saturated heterocycles. The normalized spacial score (nSPS) is 26.0. The van der Waals surface area contributed by atoms with Gasteiger partial charge in [-0.1, -0.05) is 26.7 Å². The van der Waals surface area contributed by atoms with E-state index in [-0.39, 0.29) is 12.2 Å². The maximum Gasteiger partial charge on any atom is 0.407 e. The van der Waals surface area contributed by atoms with Gasteiger partial charge < -0.3 is 10.1 Å². The number of amides is 1. The zero-order valence-corrected chi connectivity index (χ0v) is 9.92. The molecule has 3 nitrogen and oxygen atoms in total. The molecule has 0 heterocycles. The van der Waals surface area contributed by atoms with Gasteiger partial charge in [-0.05, 0) is 31.6 Å². The average Bonchev–Trinajstić information content (AvgIpc) is 2.22. The van der Waals surface area contributed by atoms with Crippen molar-refractivity contribution in [3.63, 3.8) is 0 Å². The fourth-order valence-electron chi connectivity index (χ4n) is 2.00. The molecule has 1 saturated carbocycles. The van der Waals surface area contributed by atoms with Gasteiger partial charge in [0.15, 0.2) is 0 Å². The molecule has 1 aliphatic rings. The van der Waals surface area contributed by atoms with Crippen LogP contribution in [0.1, 0.15) is 52.4 Å². The number of unbranched alkanes of at least 4 members (excludes halogenated alkanes) is 1. The maximum absolute atomic E-state index is 11.4. The zero-order chi connectivity index (χ0) is 11.1. The van der Waals surface area contributed by atoms with Crippen LogP contribution in [0.5, 0.6) is 0 Å². The van der Waals surface area contributed by atoms with Crippen molar-refractivity contribution in [1.82, 2.24) is 5.32 Å². The zero-order valence-electron chi connectivity index (χ0n) is 9.92. The summed E-state index contributed by atoms with van der Waals surface area (Å²) < 4.78 is 5.40. The molecule has 1 aliphatic carbocycles. The summed E-state index contributed by atoms with van der Waals surface area (Å²) in [6.45, 7) is 5.01. The molecule has 0 radical (unpaired) electrons. The van der Waals surface area contributed by atoms with E-state index < -0.39 is 0 Å². The second-order valence-corrected chi connectivity index (χ2v) is 4.49. The average molecular weight is 213 g/mol. The van der Waals surface area contributed by atoms with E-state index in [1.165, 1.54) is 19.3 Å². The van der Waals surface area contributed by atoms with Crippen LogP contribution in [0.25, 0.3) is 0 Å². The Morgan fingerprint density at radius 1 is 1.40 bits per heavy atom. The lowest BCUT2D eigenvalue weighted by Gasteiger charge is -2.28.